The number of hydrogen-bond acceptors (Lipinski definition) is 3. The molecule has 0 saturated carbocycles. The van der Waals surface area contributed by atoms with E-state index in [1.165, 1.54) is 0 Å². The molecule has 0 aliphatic carbocycles. The highest BCUT2D eigenvalue weighted by Gasteiger charge is 2.04. The maximum Gasteiger partial charge on any atom is 0.235 e. The van der Waals surface area contributed by atoms with Gasteiger partial charge in [0.05, 0.1) is 5.88 Å². The molecule has 0 heterocycles. The second-order valence-electron chi connectivity index (χ2n) is 2.28. The molecule has 0 aliphatic heterocycles. The van der Waals surface area contributed by atoms with E-state index in [1.54, 1.807) is 5.01 Å². The molecule has 0 unspecified atom stereocenters. The molecule has 0 rings (SSSR count). The van der Waals surface area contributed by atoms with Gasteiger partial charge in [-0.25, -0.2) is 5.01 Å². The largest absolute Gasteiger partial charge is 0.297 e. The fourth-order valence-corrected chi connectivity index (χ4v) is 0.944. The van der Waals surface area contributed by atoms with E-state index >= 15 is 0 Å². The van der Waals surface area contributed by atoms with Crippen LogP contribution in [0.4, 0.5) is 4.79 Å². The summed E-state index contributed by atoms with van der Waals surface area (Å²) in [4.78, 5) is 11.0. The fraction of sp³-hybridized carbons (Fsp3) is 0.833. The molecule has 0 aliphatic rings. The van der Waals surface area contributed by atoms with E-state index in [0.29, 0.717) is 13.2 Å². The summed E-state index contributed by atoms with van der Waals surface area (Å²) in [5.41, 5.74) is 2.74. The normalized spacial score (nSPS) is 9.82. The first-order valence-electron chi connectivity index (χ1n) is 3.89. The van der Waals surface area contributed by atoms with Crippen LogP contribution in [0.15, 0.2) is 0 Å². The Labute approximate surface area is 74.1 Å². The van der Waals surface area contributed by atoms with Crippen LogP contribution in [0.3, 0.4) is 0 Å². The van der Waals surface area contributed by atoms with Gasteiger partial charge < -0.3 is 0 Å². The Hall–Kier alpha value is -0.155. The smallest absolute Gasteiger partial charge is 0.235 e. The lowest BCUT2D eigenvalue weighted by Crippen LogP contribution is -2.42. The van der Waals surface area contributed by atoms with Crippen molar-refractivity contribution in [3.05, 3.63) is 0 Å². The van der Waals surface area contributed by atoms with Crippen LogP contribution < -0.4 is 5.43 Å². The summed E-state index contributed by atoms with van der Waals surface area (Å²) in [5.74, 6) is 0.634. The van der Waals surface area contributed by atoms with Crippen LogP contribution in [0, 0.1) is 0 Å². The SMILES string of the molecule is CCBC(=O)NN(CC)CS. The van der Waals surface area contributed by atoms with E-state index in [0.717, 1.165) is 12.9 Å². The highest BCUT2D eigenvalue weighted by atomic mass is 32.1. The van der Waals surface area contributed by atoms with Crippen LogP contribution in [0.2, 0.25) is 6.32 Å². The Morgan fingerprint density at radius 3 is 2.64 bits per heavy atom. The molecule has 64 valence electrons. The lowest BCUT2D eigenvalue weighted by Gasteiger charge is -2.18. The molecule has 0 saturated heterocycles. The summed E-state index contributed by atoms with van der Waals surface area (Å²) in [5, 5.41) is 1.76. The number of carbonyl (C=O) groups is 1. The summed E-state index contributed by atoms with van der Waals surface area (Å²) in [7, 11) is 0.588. The van der Waals surface area contributed by atoms with Gasteiger partial charge in [0.2, 0.25) is 7.28 Å². The Kier molecular flexibility index (Phi) is 6.46. The summed E-state index contributed by atoms with van der Waals surface area (Å²) in [6.07, 6.45) is 0.885. The van der Waals surface area contributed by atoms with Gasteiger partial charge in [-0.2, -0.15) is 12.6 Å². The van der Waals surface area contributed by atoms with Gasteiger partial charge in [-0.15, -0.1) is 0 Å². The number of nitrogens with one attached hydrogen (secondary N) is 1. The summed E-state index contributed by atoms with van der Waals surface area (Å²) in [6.45, 7) is 4.75. The molecule has 0 atom stereocenters. The van der Waals surface area contributed by atoms with Crippen molar-refractivity contribution in [1.82, 2.24) is 10.4 Å². The molecule has 0 spiro atoms. The molecular weight excluding hydrogens is 159 g/mol. The van der Waals surface area contributed by atoms with Crippen LogP contribution in [-0.4, -0.2) is 30.5 Å². The van der Waals surface area contributed by atoms with E-state index in [9.17, 15) is 4.79 Å². The number of carbonyl (C=O) groups excluding carboxylic acids is 1. The molecule has 0 fully saturated rings. The number of hydrazine groups is 1. The Morgan fingerprint density at radius 1 is 1.64 bits per heavy atom. The van der Waals surface area contributed by atoms with Gasteiger partial charge in [-0.1, -0.05) is 20.2 Å². The first-order chi connectivity index (χ1) is 5.24. The second-order valence-corrected chi connectivity index (χ2v) is 2.57. The molecule has 1 amide bonds. The Morgan fingerprint density at radius 2 is 2.27 bits per heavy atom. The molecule has 0 bridgehead atoms. The van der Waals surface area contributed by atoms with Gasteiger partial charge in [0.15, 0.2) is 5.81 Å². The monoisotopic (exact) mass is 174 g/mol. The van der Waals surface area contributed by atoms with Gasteiger partial charge in [0.1, 0.15) is 0 Å². The zero-order valence-corrected chi connectivity index (χ0v) is 8.03. The average molecular weight is 174 g/mol. The first kappa shape index (κ1) is 10.8. The lowest BCUT2D eigenvalue weighted by atomic mass is 9.75. The maximum atomic E-state index is 11.0. The molecule has 0 aromatic carbocycles. The van der Waals surface area contributed by atoms with Gasteiger partial charge >= 0.3 is 0 Å². The van der Waals surface area contributed by atoms with Crippen LogP contribution >= 0.6 is 12.6 Å². The van der Waals surface area contributed by atoms with Crippen molar-refractivity contribution in [1.29, 1.82) is 0 Å². The minimum absolute atomic E-state index is 0.0726. The minimum atomic E-state index is 0.0726. The zero-order chi connectivity index (χ0) is 8.69. The van der Waals surface area contributed by atoms with Crippen molar-refractivity contribution < 1.29 is 4.79 Å². The summed E-state index contributed by atoms with van der Waals surface area (Å²) >= 11 is 4.05. The highest BCUT2D eigenvalue weighted by molar-refractivity contribution is 7.80. The van der Waals surface area contributed by atoms with E-state index in [2.05, 4.69) is 18.1 Å². The van der Waals surface area contributed by atoms with Crippen LogP contribution in [0.1, 0.15) is 13.8 Å². The van der Waals surface area contributed by atoms with Crippen LogP contribution in [0.25, 0.3) is 0 Å². The molecule has 0 radical (unpaired) electrons. The second kappa shape index (κ2) is 6.55. The maximum absolute atomic E-state index is 11.0. The highest BCUT2D eigenvalue weighted by Crippen LogP contribution is 1.85. The van der Waals surface area contributed by atoms with Gasteiger partial charge in [0, 0.05) is 6.54 Å². The van der Waals surface area contributed by atoms with Crippen molar-refractivity contribution >= 4 is 25.7 Å². The van der Waals surface area contributed by atoms with E-state index in [1.807, 2.05) is 13.8 Å². The number of rotatable bonds is 5. The quantitative estimate of drug-likeness (QED) is 0.278. The number of hydrogen-bond donors (Lipinski definition) is 2. The molecule has 1 N–H and O–H groups in total. The van der Waals surface area contributed by atoms with Crippen molar-refractivity contribution in [2.24, 2.45) is 0 Å². The van der Waals surface area contributed by atoms with Crippen molar-refractivity contribution in [3.63, 3.8) is 0 Å². The Balaban J connectivity index is 3.54. The predicted octanol–water partition coefficient (Wildman–Crippen LogP) is 0.695. The third-order valence-electron chi connectivity index (χ3n) is 1.31. The van der Waals surface area contributed by atoms with Crippen molar-refractivity contribution in [2.45, 2.75) is 20.2 Å². The third-order valence-corrected chi connectivity index (χ3v) is 1.65. The molecule has 5 heteroatoms. The third kappa shape index (κ3) is 5.15. The summed E-state index contributed by atoms with van der Waals surface area (Å²) < 4.78 is 0. The van der Waals surface area contributed by atoms with E-state index in [-0.39, 0.29) is 5.81 Å². The molecule has 3 nitrogen and oxygen atoms in total. The summed E-state index contributed by atoms with van der Waals surface area (Å²) in [6, 6.07) is 0. The Bertz CT molecular complexity index is 119. The number of nitrogens with zero attached hydrogens (tertiary/aromatic N) is 1. The number of thiol groups is 1. The lowest BCUT2D eigenvalue weighted by molar-refractivity contribution is 0.217. The van der Waals surface area contributed by atoms with Gasteiger partial charge in [0.25, 0.3) is 0 Å². The van der Waals surface area contributed by atoms with Crippen molar-refractivity contribution in [2.75, 3.05) is 12.4 Å². The molecule has 0 aromatic heterocycles. The van der Waals surface area contributed by atoms with Gasteiger partial charge in [-0.3, -0.25) is 10.2 Å². The average Bonchev–Trinajstić information content (AvgIpc) is 2.01. The fourth-order valence-electron chi connectivity index (χ4n) is 0.674. The number of amides is 1. The molecular formula is C6H15BN2OS. The molecule has 11 heavy (non-hydrogen) atoms. The predicted molar refractivity (Wildman–Crippen MR) is 52.4 cm³/mol. The van der Waals surface area contributed by atoms with Gasteiger partial charge in [-0.05, 0) is 0 Å². The van der Waals surface area contributed by atoms with E-state index in [4.69, 9.17) is 0 Å². The van der Waals surface area contributed by atoms with Crippen LogP contribution in [-0.2, 0) is 0 Å². The van der Waals surface area contributed by atoms with Crippen LogP contribution in [0.5, 0.6) is 0 Å². The minimum Gasteiger partial charge on any atom is -0.297 e. The van der Waals surface area contributed by atoms with E-state index < -0.39 is 0 Å². The zero-order valence-electron chi connectivity index (χ0n) is 7.13. The standard InChI is InChI=1S/C6H15BN2OS/c1-3-7-6(10)8-9(4-2)5-11/h7,11H,3-5H2,1-2H3,(H,8,10). The first-order valence-corrected chi connectivity index (χ1v) is 4.53. The van der Waals surface area contributed by atoms with Crippen molar-refractivity contribution in [3.8, 4) is 0 Å². The molecule has 0 aromatic rings. The topological polar surface area (TPSA) is 32.3 Å².